The Labute approximate surface area is 175 Å². The van der Waals surface area contributed by atoms with Crippen molar-refractivity contribution < 1.29 is 19.7 Å². The largest absolute Gasteiger partial charge is 0.508 e. The van der Waals surface area contributed by atoms with Crippen molar-refractivity contribution in [3.8, 4) is 11.5 Å². The highest BCUT2D eigenvalue weighted by Crippen LogP contribution is 2.60. The van der Waals surface area contributed by atoms with Gasteiger partial charge in [0.25, 0.3) is 0 Å². The normalized spacial score (nSPS) is 26.2. The van der Waals surface area contributed by atoms with E-state index in [9.17, 15) is 15.0 Å². The Hall–Kier alpha value is -1.97. The standard InChI is InChI=1S/C25H36O4/c1-7-29-23(28)21-16(3)13-19(26)17(22(21)27)14-18-15(2)9-10-20-24(4,5)11-8-12-25(18,20)6/h13,20,26-27H,7-12,14H2,1-6H3/t20-,25+/m1/s1. The van der Waals surface area contributed by atoms with Crippen LogP contribution < -0.4 is 0 Å². The molecular formula is C25H36O4. The first-order chi connectivity index (χ1) is 13.5. The first-order valence-corrected chi connectivity index (χ1v) is 10.9. The average Bonchev–Trinajstić information content (AvgIpc) is 2.59. The zero-order valence-electron chi connectivity index (χ0n) is 18.8. The molecular weight excluding hydrogens is 364 g/mol. The maximum Gasteiger partial charge on any atom is 0.342 e. The molecule has 0 radical (unpaired) electrons. The Bertz CT molecular complexity index is 849. The second-order valence-electron chi connectivity index (χ2n) is 9.92. The first-order valence-electron chi connectivity index (χ1n) is 10.9. The van der Waals surface area contributed by atoms with E-state index >= 15 is 0 Å². The summed E-state index contributed by atoms with van der Waals surface area (Å²) >= 11 is 0. The molecule has 0 heterocycles. The van der Waals surface area contributed by atoms with Crippen LogP contribution in [0.4, 0.5) is 0 Å². The van der Waals surface area contributed by atoms with Crippen LogP contribution in [0.2, 0.25) is 0 Å². The highest BCUT2D eigenvalue weighted by Gasteiger charge is 2.50. The molecule has 0 unspecified atom stereocenters. The minimum Gasteiger partial charge on any atom is -0.508 e. The van der Waals surface area contributed by atoms with E-state index < -0.39 is 5.97 Å². The molecule has 0 bridgehead atoms. The topological polar surface area (TPSA) is 66.8 Å². The van der Waals surface area contributed by atoms with E-state index in [2.05, 4.69) is 27.7 Å². The quantitative estimate of drug-likeness (QED) is 0.475. The summed E-state index contributed by atoms with van der Waals surface area (Å²) in [5.41, 5.74) is 4.16. The monoisotopic (exact) mass is 400 g/mol. The molecule has 160 valence electrons. The molecule has 0 amide bonds. The summed E-state index contributed by atoms with van der Waals surface area (Å²) in [5.74, 6) is -0.0427. The van der Waals surface area contributed by atoms with Gasteiger partial charge in [0.05, 0.1) is 6.61 Å². The summed E-state index contributed by atoms with van der Waals surface area (Å²) in [6, 6.07) is 1.57. The highest BCUT2D eigenvalue weighted by atomic mass is 16.5. The number of carbonyl (C=O) groups is 1. The number of allylic oxidation sites excluding steroid dienone is 2. The van der Waals surface area contributed by atoms with Crippen molar-refractivity contribution in [2.75, 3.05) is 6.61 Å². The summed E-state index contributed by atoms with van der Waals surface area (Å²) in [6.45, 7) is 13.0. The van der Waals surface area contributed by atoms with Crippen molar-refractivity contribution in [1.29, 1.82) is 0 Å². The summed E-state index contributed by atoms with van der Waals surface area (Å²) in [4.78, 5) is 12.4. The van der Waals surface area contributed by atoms with Crippen LogP contribution in [0.3, 0.4) is 0 Å². The Morgan fingerprint density at radius 1 is 1.21 bits per heavy atom. The number of aromatic hydroxyl groups is 2. The lowest BCUT2D eigenvalue weighted by molar-refractivity contribution is 0.0111. The van der Waals surface area contributed by atoms with E-state index in [0.717, 1.165) is 12.8 Å². The lowest BCUT2D eigenvalue weighted by Gasteiger charge is -2.55. The number of aryl methyl sites for hydroxylation is 1. The fourth-order valence-electron chi connectivity index (χ4n) is 6.18. The molecule has 2 N–H and O–H groups in total. The predicted octanol–water partition coefficient (Wildman–Crippen LogP) is 6.07. The van der Waals surface area contributed by atoms with Crippen LogP contribution in [0, 0.1) is 23.7 Å². The summed E-state index contributed by atoms with van der Waals surface area (Å²) in [5, 5.41) is 21.6. The molecule has 29 heavy (non-hydrogen) atoms. The molecule has 1 aromatic rings. The molecule has 2 aliphatic rings. The molecule has 1 fully saturated rings. The Balaban J connectivity index is 2.07. The van der Waals surface area contributed by atoms with E-state index in [1.807, 2.05) is 0 Å². The molecule has 2 atom stereocenters. The van der Waals surface area contributed by atoms with Gasteiger partial charge in [-0.3, -0.25) is 0 Å². The van der Waals surface area contributed by atoms with Gasteiger partial charge in [0.15, 0.2) is 0 Å². The van der Waals surface area contributed by atoms with Gasteiger partial charge < -0.3 is 14.9 Å². The van der Waals surface area contributed by atoms with Crippen LogP contribution in [0.5, 0.6) is 11.5 Å². The van der Waals surface area contributed by atoms with Crippen LogP contribution in [0.15, 0.2) is 17.2 Å². The Morgan fingerprint density at radius 2 is 1.90 bits per heavy atom. The second-order valence-corrected chi connectivity index (χ2v) is 9.92. The first kappa shape index (κ1) is 21.7. The Morgan fingerprint density at radius 3 is 2.55 bits per heavy atom. The van der Waals surface area contributed by atoms with E-state index in [4.69, 9.17) is 4.74 Å². The number of hydrogen-bond donors (Lipinski definition) is 2. The van der Waals surface area contributed by atoms with Crippen molar-refractivity contribution in [3.63, 3.8) is 0 Å². The zero-order valence-corrected chi connectivity index (χ0v) is 18.8. The molecule has 0 spiro atoms. The molecule has 0 aliphatic heterocycles. The molecule has 1 saturated carbocycles. The summed E-state index contributed by atoms with van der Waals surface area (Å²) in [6.07, 6.45) is 6.28. The van der Waals surface area contributed by atoms with E-state index in [0.29, 0.717) is 23.5 Å². The number of benzene rings is 1. The molecule has 0 aromatic heterocycles. The SMILES string of the molecule is CCOC(=O)c1c(C)cc(O)c(CC2=C(C)CC[C@@H]3C(C)(C)CCC[C@@]23C)c1O. The zero-order chi connectivity index (χ0) is 21.6. The molecule has 1 aromatic carbocycles. The van der Waals surface area contributed by atoms with Crippen molar-refractivity contribution in [3.05, 3.63) is 33.9 Å². The molecule has 0 saturated heterocycles. The van der Waals surface area contributed by atoms with Crippen LogP contribution in [-0.2, 0) is 11.2 Å². The van der Waals surface area contributed by atoms with Gasteiger partial charge in [-0.2, -0.15) is 0 Å². The fourth-order valence-corrected chi connectivity index (χ4v) is 6.18. The van der Waals surface area contributed by atoms with E-state index in [1.165, 1.54) is 30.4 Å². The molecule has 4 heteroatoms. The van der Waals surface area contributed by atoms with Crippen molar-refractivity contribution in [2.45, 2.75) is 80.1 Å². The maximum atomic E-state index is 12.4. The summed E-state index contributed by atoms with van der Waals surface area (Å²) in [7, 11) is 0. The number of hydrogen-bond acceptors (Lipinski definition) is 4. The third-order valence-electron chi connectivity index (χ3n) is 7.65. The fraction of sp³-hybridized carbons (Fsp3) is 0.640. The van der Waals surface area contributed by atoms with Gasteiger partial charge in [0.1, 0.15) is 17.1 Å². The van der Waals surface area contributed by atoms with Gasteiger partial charge in [0.2, 0.25) is 0 Å². The number of esters is 1. The van der Waals surface area contributed by atoms with Gasteiger partial charge >= 0.3 is 5.97 Å². The molecule has 4 nitrogen and oxygen atoms in total. The maximum absolute atomic E-state index is 12.4. The summed E-state index contributed by atoms with van der Waals surface area (Å²) < 4.78 is 5.14. The molecule has 3 rings (SSSR count). The number of carbonyl (C=O) groups excluding carboxylic acids is 1. The van der Waals surface area contributed by atoms with Gasteiger partial charge in [-0.05, 0) is 74.8 Å². The van der Waals surface area contributed by atoms with Crippen LogP contribution >= 0.6 is 0 Å². The van der Waals surface area contributed by atoms with Gasteiger partial charge in [-0.15, -0.1) is 0 Å². The number of rotatable bonds is 4. The van der Waals surface area contributed by atoms with E-state index in [1.54, 1.807) is 19.9 Å². The lowest BCUT2D eigenvalue weighted by Crippen LogP contribution is -2.45. The van der Waals surface area contributed by atoms with Gasteiger partial charge in [-0.25, -0.2) is 4.79 Å². The number of phenolic OH excluding ortho intramolecular Hbond substituents is 2. The number of phenols is 2. The molecule has 2 aliphatic carbocycles. The third-order valence-corrected chi connectivity index (χ3v) is 7.65. The third kappa shape index (κ3) is 3.67. The Kier molecular flexibility index (Phi) is 5.77. The van der Waals surface area contributed by atoms with Crippen LogP contribution in [0.25, 0.3) is 0 Å². The average molecular weight is 401 g/mol. The van der Waals surface area contributed by atoms with Crippen LogP contribution in [0.1, 0.15) is 88.2 Å². The van der Waals surface area contributed by atoms with Crippen molar-refractivity contribution >= 4 is 5.97 Å². The van der Waals surface area contributed by atoms with E-state index in [-0.39, 0.29) is 34.5 Å². The second kappa shape index (κ2) is 7.70. The van der Waals surface area contributed by atoms with Crippen molar-refractivity contribution in [2.24, 2.45) is 16.7 Å². The van der Waals surface area contributed by atoms with Crippen LogP contribution in [-0.4, -0.2) is 22.8 Å². The highest BCUT2D eigenvalue weighted by molar-refractivity contribution is 5.95. The minimum absolute atomic E-state index is 0.0501. The number of ether oxygens (including phenoxy) is 1. The lowest BCUT2D eigenvalue weighted by atomic mass is 9.50. The number of fused-ring (bicyclic) bond motifs is 1. The minimum atomic E-state index is -0.541. The van der Waals surface area contributed by atoms with Crippen molar-refractivity contribution in [1.82, 2.24) is 0 Å². The smallest absolute Gasteiger partial charge is 0.342 e. The predicted molar refractivity (Wildman–Crippen MR) is 115 cm³/mol. The van der Waals surface area contributed by atoms with Gasteiger partial charge in [-0.1, -0.05) is 38.3 Å². The van der Waals surface area contributed by atoms with Gasteiger partial charge in [0, 0.05) is 12.0 Å².